The highest BCUT2D eigenvalue weighted by molar-refractivity contribution is 5.96. The third kappa shape index (κ3) is 7.05. The number of aromatic nitrogens is 2. The van der Waals surface area contributed by atoms with Gasteiger partial charge in [0.25, 0.3) is 5.56 Å². The first kappa shape index (κ1) is 27.2. The monoisotopic (exact) mass is 499 g/mol. The van der Waals surface area contributed by atoms with E-state index in [-0.39, 0.29) is 36.4 Å². The Morgan fingerprint density at radius 3 is 2.28 bits per heavy atom. The topological polar surface area (TPSA) is 137 Å². The molecule has 11 nitrogen and oxygen atoms in total. The lowest BCUT2D eigenvalue weighted by Crippen LogP contribution is -2.52. The zero-order chi connectivity index (χ0) is 26.1. The molecule has 11 heteroatoms. The Balaban J connectivity index is 1.54. The average molecular weight is 500 g/mol. The Bertz CT molecular complexity index is 1140. The van der Waals surface area contributed by atoms with E-state index in [1.54, 1.807) is 6.92 Å². The van der Waals surface area contributed by atoms with Crippen LogP contribution in [0.2, 0.25) is 0 Å². The molecule has 1 aromatic carbocycles. The van der Waals surface area contributed by atoms with Crippen molar-refractivity contribution >= 4 is 23.3 Å². The molecule has 0 atom stereocenters. The van der Waals surface area contributed by atoms with Crippen molar-refractivity contribution in [3.63, 3.8) is 0 Å². The number of nitrogens with zero attached hydrogens (tertiary/aromatic N) is 4. The molecule has 196 valence electrons. The van der Waals surface area contributed by atoms with Gasteiger partial charge < -0.3 is 16.0 Å². The average Bonchev–Trinajstić information content (AvgIpc) is 2.87. The number of benzene rings is 1. The predicted octanol–water partition coefficient (Wildman–Crippen LogP) is 0.206. The van der Waals surface area contributed by atoms with Crippen molar-refractivity contribution in [3.05, 3.63) is 56.7 Å². The fourth-order valence-corrected chi connectivity index (χ4v) is 4.27. The van der Waals surface area contributed by atoms with Gasteiger partial charge in [0.15, 0.2) is 5.69 Å². The molecule has 3 rings (SSSR count). The number of amides is 2. The van der Waals surface area contributed by atoms with Crippen molar-refractivity contribution in [1.82, 2.24) is 24.7 Å². The molecule has 2 amide bonds. The molecule has 1 aromatic heterocycles. The van der Waals surface area contributed by atoms with Crippen molar-refractivity contribution in [2.75, 3.05) is 56.4 Å². The van der Waals surface area contributed by atoms with Crippen molar-refractivity contribution in [1.29, 1.82) is 0 Å². The third-order valence-corrected chi connectivity index (χ3v) is 6.36. The first-order valence-electron chi connectivity index (χ1n) is 12.5. The summed E-state index contributed by atoms with van der Waals surface area (Å²) < 4.78 is 1.32. The SMILES string of the molecule is CCCCn1c(N)c(N(CC)C(=O)CN2CCN(CC(=O)NCc3ccccc3)CC2)c(=O)[nH]c1=O. The second-order valence-electron chi connectivity index (χ2n) is 8.95. The molecular formula is C25H37N7O4. The molecule has 4 N–H and O–H groups in total. The van der Waals surface area contributed by atoms with E-state index in [0.717, 1.165) is 18.4 Å². The number of rotatable bonds is 11. The molecular weight excluding hydrogens is 462 g/mol. The van der Waals surface area contributed by atoms with E-state index in [1.807, 2.05) is 42.2 Å². The highest BCUT2D eigenvalue weighted by Gasteiger charge is 2.26. The van der Waals surface area contributed by atoms with Gasteiger partial charge in [-0.3, -0.25) is 33.7 Å². The van der Waals surface area contributed by atoms with Crippen LogP contribution in [-0.4, -0.2) is 77.0 Å². The molecule has 2 aromatic rings. The number of unbranched alkanes of at least 4 members (excludes halogenated alkanes) is 1. The summed E-state index contributed by atoms with van der Waals surface area (Å²) in [4.78, 5) is 58.0. The first-order valence-corrected chi connectivity index (χ1v) is 12.5. The number of piperazine rings is 1. The van der Waals surface area contributed by atoms with Crippen LogP contribution in [0.3, 0.4) is 0 Å². The van der Waals surface area contributed by atoms with Crippen LogP contribution in [0.25, 0.3) is 0 Å². The number of likely N-dealkylation sites (N-methyl/N-ethyl adjacent to an activating group) is 1. The van der Waals surface area contributed by atoms with Crippen LogP contribution in [0.4, 0.5) is 11.5 Å². The summed E-state index contributed by atoms with van der Waals surface area (Å²) in [7, 11) is 0. The van der Waals surface area contributed by atoms with E-state index in [1.165, 1.54) is 9.47 Å². The maximum absolute atomic E-state index is 13.1. The van der Waals surface area contributed by atoms with E-state index in [4.69, 9.17) is 5.73 Å². The fraction of sp³-hybridized carbons (Fsp3) is 0.520. The lowest BCUT2D eigenvalue weighted by atomic mass is 10.2. The Morgan fingerprint density at radius 1 is 1.03 bits per heavy atom. The summed E-state index contributed by atoms with van der Waals surface area (Å²) in [5, 5.41) is 2.94. The number of nitrogen functional groups attached to an aromatic ring is 1. The number of aromatic amines is 1. The van der Waals surface area contributed by atoms with Crippen LogP contribution >= 0.6 is 0 Å². The van der Waals surface area contributed by atoms with Gasteiger partial charge in [-0.2, -0.15) is 0 Å². The summed E-state index contributed by atoms with van der Waals surface area (Å²) in [5.41, 5.74) is 6.03. The maximum Gasteiger partial charge on any atom is 0.330 e. The summed E-state index contributed by atoms with van der Waals surface area (Å²) in [5.74, 6) is -0.281. The van der Waals surface area contributed by atoms with Gasteiger partial charge in [0.1, 0.15) is 5.82 Å². The number of carbonyl (C=O) groups excluding carboxylic acids is 2. The van der Waals surface area contributed by atoms with Crippen molar-refractivity contribution in [2.24, 2.45) is 0 Å². The van der Waals surface area contributed by atoms with Gasteiger partial charge in [-0.1, -0.05) is 43.7 Å². The van der Waals surface area contributed by atoms with Gasteiger partial charge in [-0.05, 0) is 18.9 Å². The second-order valence-corrected chi connectivity index (χ2v) is 8.95. The predicted molar refractivity (Wildman–Crippen MR) is 140 cm³/mol. The summed E-state index contributed by atoms with van der Waals surface area (Å²) >= 11 is 0. The minimum atomic E-state index is -0.660. The number of nitrogens with one attached hydrogen (secondary N) is 2. The highest BCUT2D eigenvalue weighted by Crippen LogP contribution is 2.17. The van der Waals surface area contributed by atoms with Gasteiger partial charge in [0.05, 0.1) is 13.1 Å². The Hall–Kier alpha value is -3.44. The molecule has 0 bridgehead atoms. The van der Waals surface area contributed by atoms with E-state index >= 15 is 0 Å². The molecule has 0 radical (unpaired) electrons. The van der Waals surface area contributed by atoms with Crippen molar-refractivity contribution in [3.8, 4) is 0 Å². The Labute approximate surface area is 210 Å². The van der Waals surface area contributed by atoms with E-state index in [0.29, 0.717) is 45.8 Å². The van der Waals surface area contributed by atoms with E-state index in [9.17, 15) is 19.2 Å². The Morgan fingerprint density at radius 2 is 1.67 bits per heavy atom. The fourth-order valence-electron chi connectivity index (χ4n) is 4.27. The van der Waals surface area contributed by atoms with Crippen LogP contribution in [0.1, 0.15) is 32.3 Å². The minimum Gasteiger partial charge on any atom is -0.383 e. The van der Waals surface area contributed by atoms with Gasteiger partial charge in [-0.25, -0.2) is 4.79 Å². The zero-order valence-corrected chi connectivity index (χ0v) is 21.2. The highest BCUT2D eigenvalue weighted by atomic mass is 16.2. The maximum atomic E-state index is 13.1. The number of hydrogen-bond acceptors (Lipinski definition) is 7. The smallest absolute Gasteiger partial charge is 0.330 e. The molecule has 0 aliphatic carbocycles. The molecule has 1 aliphatic rings. The summed E-state index contributed by atoms with van der Waals surface area (Å²) in [6.45, 7) is 7.86. The van der Waals surface area contributed by atoms with Gasteiger partial charge >= 0.3 is 5.69 Å². The number of carbonyl (C=O) groups is 2. The number of nitrogens with two attached hydrogens (primary N) is 1. The van der Waals surface area contributed by atoms with Crippen LogP contribution in [0.5, 0.6) is 0 Å². The van der Waals surface area contributed by atoms with E-state index in [2.05, 4.69) is 15.2 Å². The second kappa shape index (κ2) is 13.0. The molecule has 2 heterocycles. The number of hydrogen-bond donors (Lipinski definition) is 3. The minimum absolute atomic E-state index is 0.0127. The molecule has 1 aliphatic heterocycles. The lowest BCUT2D eigenvalue weighted by molar-refractivity contribution is -0.124. The van der Waals surface area contributed by atoms with E-state index < -0.39 is 11.2 Å². The number of H-pyrrole nitrogens is 1. The van der Waals surface area contributed by atoms with Crippen LogP contribution in [-0.2, 0) is 22.7 Å². The van der Waals surface area contributed by atoms with Gasteiger partial charge in [-0.15, -0.1) is 0 Å². The molecule has 0 unspecified atom stereocenters. The lowest BCUT2D eigenvalue weighted by Gasteiger charge is -2.35. The van der Waals surface area contributed by atoms with Gasteiger partial charge in [0.2, 0.25) is 11.8 Å². The standard InChI is InChI=1S/C25H37N7O4/c1-3-5-11-32-23(26)22(24(35)28-25(32)36)31(4-2)21(34)18-30-14-12-29(13-15-30)17-20(33)27-16-19-9-7-6-8-10-19/h6-10H,3-5,11-18,26H2,1-2H3,(H,27,33)(H,28,35,36). The largest absolute Gasteiger partial charge is 0.383 e. The molecule has 0 spiro atoms. The van der Waals surface area contributed by atoms with Crippen LogP contribution in [0.15, 0.2) is 39.9 Å². The quantitative estimate of drug-likeness (QED) is 0.402. The summed E-state index contributed by atoms with van der Waals surface area (Å²) in [6, 6.07) is 9.76. The van der Waals surface area contributed by atoms with Gasteiger partial charge in [0, 0.05) is 45.8 Å². The normalized spacial score (nSPS) is 14.5. The Kier molecular flexibility index (Phi) is 9.83. The molecule has 1 saturated heterocycles. The molecule has 1 fully saturated rings. The zero-order valence-electron chi connectivity index (χ0n) is 21.2. The van der Waals surface area contributed by atoms with Crippen molar-refractivity contribution in [2.45, 2.75) is 39.8 Å². The molecule has 36 heavy (non-hydrogen) atoms. The number of anilines is 2. The first-order chi connectivity index (χ1) is 17.3. The van der Waals surface area contributed by atoms with Crippen LogP contribution < -0.4 is 27.2 Å². The summed E-state index contributed by atoms with van der Waals surface area (Å²) in [6.07, 6.45) is 1.58. The molecule has 0 saturated carbocycles. The van der Waals surface area contributed by atoms with Crippen LogP contribution in [0, 0.1) is 0 Å². The van der Waals surface area contributed by atoms with Crippen molar-refractivity contribution < 1.29 is 9.59 Å². The third-order valence-electron chi connectivity index (χ3n) is 6.36.